The molecule has 4 rings (SSSR count). The van der Waals surface area contributed by atoms with Gasteiger partial charge in [0.2, 0.25) is 5.91 Å². The van der Waals surface area contributed by atoms with E-state index in [1.165, 1.54) is 15.9 Å². The van der Waals surface area contributed by atoms with Crippen molar-refractivity contribution in [3.63, 3.8) is 0 Å². The van der Waals surface area contributed by atoms with Gasteiger partial charge < -0.3 is 14.8 Å². The predicted molar refractivity (Wildman–Crippen MR) is 105 cm³/mol. The van der Waals surface area contributed by atoms with Crippen molar-refractivity contribution in [1.29, 1.82) is 0 Å². The summed E-state index contributed by atoms with van der Waals surface area (Å²) in [6, 6.07) is 16.7. The second-order valence-electron chi connectivity index (χ2n) is 6.62. The molecule has 0 aliphatic rings. The minimum atomic E-state index is -1.21. The molecular weight excluding hydrogens is 364 g/mol. The number of benzene rings is 2. The Morgan fingerprint density at radius 2 is 1.96 bits per heavy atom. The zero-order valence-electron chi connectivity index (χ0n) is 14.6. The molecule has 27 heavy (non-hydrogen) atoms. The Balaban J connectivity index is 1.48. The number of thiophene rings is 1. The summed E-state index contributed by atoms with van der Waals surface area (Å²) in [7, 11) is 0. The summed E-state index contributed by atoms with van der Waals surface area (Å²) < 4.78 is 7.48. The van der Waals surface area contributed by atoms with Gasteiger partial charge in [-0.15, -0.1) is 11.3 Å². The molecule has 4 aromatic rings. The number of fused-ring (bicyclic) bond motifs is 2. The first kappa shape index (κ1) is 17.5. The van der Waals surface area contributed by atoms with Gasteiger partial charge in [-0.05, 0) is 36.6 Å². The molecule has 138 valence electrons. The fraction of sp³-hybridized carbons (Fsp3) is 0.200. The van der Waals surface area contributed by atoms with Crippen LogP contribution >= 0.6 is 11.3 Å². The van der Waals surface area contributed by atoms with Crippen molar-refractivity contribution in [2.24, 2.45) is 0 Å². The molecule has 0 fully saturated rings. The summed E-state index contributed by atoms with van der Waals surface area (Å²) in [5.41, 5.74) is -0.204. The third-order valence-electron chi connectivity index (χ3n) is 4.46. The van der Waals surface area contributed by atoms with E-state index < -0.39 is 11.4 Å². The highest BCUT2D eigenvalue weighted by Crippen LogP contribution is 2.32. The number of carbonyl (C=O) groups is 1. The molecule has 2 heterocycles. The number of nitrogens with one attached hydrogen (secondary N) is 1. The molecule has 2 aromatic heterocycles. The normalized spacial score (nSPS) is 13.7. The summed E-state index contributed by atoms with van der Waals surface area (Å²) in [6.07, 6.45) is 0. The van der Waals surface area contributed by atoms with Crippen molar-refractivity contribution in [2.75, 3.05) is 6.54 Å². The predicted octanol–water partition coefficient (Wildman–Crippen LogP) is 2.83. The van der Waals surface area contributed by atoms with Crippen molar-refractivity contribution in [3.8, 4) is 0 Å². The second kappa shape index (κ2) is 6.68. The molecule has 7 heteroatoms. The highest BCUT2D eigenvalue weighted by Gasteiger charge is 2.26. The van der Waals surface area contributed by atoms with E-state index in [1.54, 1.807) is 31.2 Å². The first-order chi connectivity index (χ1) is 12.9. The topological polar surface area (TPSA) is 84.5 Å². The first-order valence-electron chi connectivity index (χ1n) is 8.50. The highest BCUT2D eigenvalue weighted by atomic mass is 32.1. The van der Waals surface area contributed by atoms with Crippen LogP contribution in [0.3, 0.4) is 0 Å². The summed E-state index contributed by atoms with van der Waals surface area (Å²) >= 11 is 1.49. The zero-order valence-corrected chi connectivity index (χ0v) is 15.5. The monoisotopic (exact) mass is 382 g/mol. The number of hydrogen-bond donors (Lipinski definition) is 2. The fourth-order valence-electron chi connectivity index (χ4n) is 2.97. The van der Waals surface area contributed by atoms with E-state index in [2.05, 4.69) is 5.32 Å². The number of amides is 1. The fourth-order valence-corrected chi connectivity index (χ4v) is 4.07. The lowest BCUT2D eigenvalue weighted by molar-refractivity contribution is -0.122. The number of aliphatic hydroxyl groups is 1. The Kier molecular flexibility index (Phi) is 4.33. The van der Waals surface area contributed by atoms with Gasteiger partial charge in [0.1, 0.15) is 12.1 Å². The van der Waals surface area contributed by atoms with Crippen LogP contribution in [0, 0.1) is 0 Å². The number of carbonyl (C=O) groups excluding carboxylic acids is 1. The van der Waals surface area contributed by atoms with Gasteiger partial charge in [0, 0.05) is 9.58 Å². The van der Waals surface area contributed by atoms with E-state index in [4.69, 9.17) is 4.42 Å². The van der Waals surface area contributed by atoms with Crippen molar-refractivity contribution in [3.05, 3.63) is 70.0 Å². The van der Waals surface area contributed by atoms with Crippen LogP contribution in [0.5, 0.6) is 0 Å². The summed E-state index contributed by atoms with van der Waals surface area (Å²) in [5.74, 6) is -0.951. The molecule has 0 radical (unpaired) electrons. The standard InChI is InChI=1S/C20H18N2O4S/c1-20(25,17-10-13-6-2-5-9-16(13)27-17)12-21-18(23)11-22-14-7-3-4-8-15(14)26-19(22)24/h2-10,25H,11-12H2,1H3,(H,21,23). The molecule has 0 spiro atoms. The summed E-state index contributed by atoms with van der Waals surface area (Å²) in [4.78, 5) is 25.1. The van der Waals surface area contributed by atoms with E-state index in [9.17, 15) is 14.7 Å². The van der Waals surface area contributed by atoms with Crippen molar-refractivity contribution >= 4 is 38.4 Å². The molecule has 0 saturated heterocycles. The lowest BCUT2D eigenvalue weighted by atomic mass is 10.0. The third-order valence-corrected chi connectivity index (χ3v) is 5.83. The van der Waals surface area contributed by atoms with Gasteiger partial charge in [0.05, 0.1) is 12.1 Å². The molecule has 6 nitrogen and oxygen atoms in total. The van der Waals surface area contributed by atoms with Gasteiger partial charge in [-0.3, -0.25) is 9.36 Å². The quantitative estimate of drug-likeness (QED) is 0.556. The Morgan fingerprint density at radius 3 is 2.78 bits per heavy atom. The smallest absolute Gasteiger partial charge is 0.408 e. The van der Waals surface area contributed by atoms with E-state index >= 15 is 0 Å². The number of aromatic nitrogens is 1. The van der Waals surface area contributed by atoms with Gasteiger partial charge in [0.15, 0.2) is 5.58 Å². The van der Waals surface area contributed by atoms with Crippen molar-refractivity contribution < 1.29 is 14.3 Å². The van der Waals surface area contributed by atoms with Crippen LogP contribution in [0.4, 0.5) is 0 Å². The number of hydrogen-bond acceptors (Lipinski definition) is 5. The minimum Gasteiger partial charge on any atom is -0.408 e. The zero-order chi connectivity index (χ0) is 19.0. The van der Waals surface area contributed by atoms with Crippen LogP contribution < -0.4 is 11.1 Å². The Labute approximate surface area is 158 Å². The molecule has 0 saturated carbocycles. The first-order valence-corrected chi connectivity index (χ1v) is 9.32. The second-order valence-corrected chi connectivity index (χ2v) is 7.70. The van der Waals surface area contributed by atoms with Crippen LogP contribution in [0.2, 0.25) is 0 Å². The van der Waals surface area contributed by atoms with Crippen LogP contribution in [-0.2, 0) is 16.9 Å². The Hall–Kier alpha value is -2.90. The third kappa shape index (κ3) is 3.39. The van der Waals surface area contributed by atoms with Crippen molar-refractivity contribution in [2.45, 2.75) is 19.1 Å². The lowest BCUT2D eigenvalue weighted by Gasteiger charge is -2.22. The molecule has 2 N–H and O–H groups in total. The molecule has 1 amide bonds. The molecule has 1 atom stereocenters. The number of oxazole rings is 1. The Morgan fingerprint density at radius 1 is 1.22 bits per heavy atom. The van der Waals surface area contributed by atoms with Gasteiger partial charge in [-0.25, -0.2) is 4.79 Å². The average molecular weight is 382 g/mol. The van der Waals surface area contributed by atoms with E-state index in [0.717, 1.165) is 15.0 Å². The van der Waals surface area contributed by atoms with Crippen LogP contribution in [0.25, 0.3) is 21.2 Å². The van der Waals surface area contributed by atoms with Crippen LogP contribution in [0.1, 0.15) is 11.8 Å². The Bertz CT molecular complexity index is 1150. The largest absolute Gasteiger partial charge is 0.420 e. The van der Waals surface area contributed by atoms with Crippen LogP contribution in [-0.4, -0.2) is 22.1 Å². The lowest BCUT2D eigenvalue weighted by Crippen LogP contribution is -2.40. The maximum atomic E-state index is 12.3. The number of para-hydroxylation sites is 2. The average Bonchev–Trinajstić information content (AvgIpc) is 3.22. The van der Waals surface area contributed by atoms with Crippen LogP contribution in [0.15, 0.2) is 63.8 Å². The van der Waals surface area contributed by atoms with E-state index in [1.807, 2.05) is 30.3 Å². The maximum absolute atomic E-state index is 12.3. The van der Waals surface area contributed by atoms with Gasteiger partial charge in [0.25, 0.3) is 0 Å². The number of rotatable bonds is 5. The molecule has 0 bridgehead atoms. The molecular formula is C20H18N2O4S. The van der Waals surface area contributed by atoms with Crippen molar-refractivity contribution in [1.82, 2.24) is 9.88 Å². The molecule has 0 aliphatic carbocycles. The molecule has 1 unspecified atom stereocenters. The maximum Gasteiger partial charge on any atom is 0.420 e. The van der Waals surface area contributed by atoms with Gasteiger partial charge >= 0.3 is 5.76 Å². The SMILES string of the molecule is CC(O)(CNC(=O)Cn1c(=O)oc2ccccc21)c1cc2ccccc2s1. The van der Waals surface area contributed by atoms with E-state index in [-0.39, 0.29) is 19.0 Å². The molecule has 2 aromatic carbocycles. The summed E-state index contributed by atoms with van der Waals surface area (Å²) in [5, 5.41) is 14.6. The minimum absolute atomic E-state index is 0.0448. The number of nitrogens with zero attached hydrogens (tertiary/aromatic N) is 1. The summed E-state index contributed by atoms with van der Waals surface area (Å²) in [6.45, 7) is 1.54. The highest BCUT2D eigenvalue weighted by molar-refractivity contribution is 7.19. The van der Waals surface area contributed by atoms with Gasteiger partial charge in [-0.2, -0.15) is 0 Å². The van der Waals surface area contributed by atoms with Gasteiger partial charge in [-0.1, -0.05) is 30.3 Å². The van der Waals surface area contributed by atoms with E-state index in [0.29, 0.717) is 11.1 Å². The molecule has 0 aliphatic heterocycles.